The molecule has 0 aliphatic carbocycles. The van der Waals surface area contributed by atoms with Crippen molar-refractivity contribution in [3.63, 3.8) is 0 Å². The fourth-order valence-electron chi connectivity index (χ4n) is 2.58. The zero-order valence-corrected chi connectivity index (χ0v) is 15.6. The highest BCUT2D eigenvalue weighted by molar-refractivity contribution is 9.09. The Morgan fingerprint density at radius 2 is 1.76 bits per heavy atom. The van der Waals surface area contributed by atoms with Crippen molar-refractivity contribution < 1.29 is 4.39 Å². The summed E-state index contributed by atoms with van der Waals surface area (Å²) in [7, 11) is 0. The van der Waals surface area contributed by atoms with Crippen LogP contribution in [0.5, 0.6) is 0 Å². The molecular weight excluding hydrogens is 418 g/mol. The van der Waals surface area contributed by atoms with E-state index in [1.165, 1.54) is 23.3 Å². The first-order valence-corrected chi connectivity index (χ1v) is 9.26. The van der Waals surface area contributed by atoms with E-state index in [-0.39, 0.29) is 11.2 Å². The largest absolute Gasteiger partial charge is 0.207 e. The van der Waals surface area contributed by atoms with E-state index in [1.54, 1.807) is 6.07 Å². The molecule has 2 rings (SSSR count). The highest BCUT2D eigenvalue weighted by Crippen LogP contribution is 2.36. The van der Waals surface area contributed by atoms with E-state index in [9.17, 15) is 4.39 Å². The molecule has 0 nitrogen and oxygen atoms in total. The Kier molecular flexibility index (Phi) is 5.87. The molecule has 0 bridgehead atoms. The average Bonchev–Trinajstić information content (AvgIpc) is 2.49. The van der Waals surface area contributed by atoms with E-state index in [1.807, 2.05) is 12.1 Å². The van der Waals surface area contributed by atoms with Gasteiger partial charge in [-0.15, -0.1) is 0 Å². The third kappa shape index (κ3) is 3.69. The Hall–Kier alpha value is -0.380. The first-order chi connectivity index (χ1) is 10.0. The van der Waals surface area contributed by atoms with Crippen LogP contribution in [-0.2, 0) is 11.8 Å². The minimum atomic E-state index is -0.253. The molecule has 4 heteroatoms. The van der Waals surface area contributed by atoms with Crippen molar-refractivity contribution in [2.24, 2.45) is 0 Å². The second-order valence-electron chi connectivity index (χ2n) is 5.28. The first-order valence-electron chi connectivity index (χ1n) is 6.64. The van der Waals surface area contributed by atoms with E-state index in [0.29, 0.717) is 11.4 Å². The Morgan fingerprint density at radius 3 is 2.38 bits per heavy atom. The van der Waals surface area contributed by atoms with Crippen LogP contribution in [-0.4, -0.2) is 10.7 Å². The summed E-state index contributed by atoms with van der Waals surface area (Å²) in [5.41, 5.74) is 3.14. The smallest absolute Gasteiger partial charge is 0.123 e. The average molecular weight is 435 g/mol. The fourth-order valence-corrected chi connectivity index (χ4v) is 4.69. The van der Waals surface area contributed by atoms with Gasteiger partial charge in [-0.3, -0.25) is 0 Å². The van der Waals surface area contributed by atoms with E-state index < -0.39 is 0 Å². The number of alkyl halides is 2. The summed E-state index contributed by atoms with van der Waals surface area (Å²) in [6.45, 7) is 2.10. The van der Waals surface area contributed by atoms with Crippen molar-refractivity contribution in [3.05, 3.63) is 70.0 Å². The van der Waals surface area contributed by atoms with Gasteiger partial charge in [0.1, 0.15) is 5.82 Å². The van der Waals surface area contributed by atoms with Crippen LogP contribution in [0.2, 0.25) is 5.02 Å². The van der Waals surface area contributed by atoms with Gasteiger partial charge >= 0.3 is 0 Å². The lowest BCUT2D eigenvalue weighted by Crippen LogP contribution is -2.34. The third-order valence-electron chi connectivity index (χ3n) is 3.76. The SMILES string of the molecule is Cc1ccccc1C(CBr)(CBr)Cc1cc(F)ccc1Cl. The van der Waals surface area contributed by atoms with Crippen LogP contribution in [0, 0.1) is 12.7 Å². The normalized spacial score (nSPS) is 11.7. The van der Waals surface area contributed by atoms with E-state index >= 15 is 0 Å². The minimum absolute atomic E-state index is 0.164. The summed E-state index contributed by atoms with van der Waals surface area (Å²) in [6, 6.07) is 12.8. The molecule has 0 aliphatic heterocycles. The molecule has 0 atom stereocenters. The van der Waals surface area contributed by atoms with Crippen molar-refractivity contribution in [2.45, 2.75) is 18.8 Å². The monoisotopic (exact) mass is 432 g/mol. The molecule has 0 N–H and O–H groups in total. The van der Waals surface area contributed by atoms with Gasteiger partial charge in [-0.05, 0) is 48.2 Å². The maximum Gasteiger partial charge on any atom is 0.123 e. The van der Waals surface area contributed by atoms with Gasteiger partial charge in [-0.25, -0.2) is 4.39 Å². The fraction of sp³-hybridized carbons (Fsp3) is 0.294. The van der Waals surface area contributed by atoms with Crippen LogP contribution in [0.4, 0.5) is 4.39 Å². The van der Waals surface area contributed by atoms with Gasteiger partial charge in [0, 0.05) is 21.1 Å². The number of hydrogen-bond donors (Lipinski definition) is 0. The van der Waals surface area contributed by atoms with Crippen molar-refractivity contribution >= 4 is 43.5 Å². The van der Waals surface area contributed by atoms with Crippen LogP contribution in [0.1, 0.15) is 16.7 Å². The number of benzene rings is 2. The first kappa shape index (κ1) is 17.0. The molecule has 21 heavy (non-hydrogen) atoms. The maximum absolute atomic E-state index is 13.5. The maximum atomic E-state index is 13.5. The van der Waals surface area contributed by atoms with Crippen LogP contribution >= 0.6 is 43.5 Å². The quantitative estimate of drug-likeness (QED) is 0.502. The van der Waals surface area contributed by atoms with Gasteiger partial charge in [-0.1, -0.05) is 67.7 Å². The van der Waals surface area contributed by atoms with Gasteiger partial charge in [0.25, 0.3) is 0 Å². The predicted octanol–water partition coefficient (Wildman–Crippen LogP) is 6.06. The molecule has 0 spiro atoms. The summed E-state index contributed by atoms with van der Waals surface area (Å²) < 4.78 is 13.5. The topological polar surface area (TPSA) is 0 Å². The summed E-state index contributed by atoms with van der Waals surface area (Å²) in [5, 5.41) is 2.14. The van der Waals surface area contributed by atoms with Crippen molar-refractivity contribution in [1.29, 1.82) is 0 Å². The molecule has 0 saturated heterocycles. The van der Waals surface area contributed by atoms with Crippen molar-refractivity contribution in [1.82, 2.24) is 0 Å². The Balaban J connectivity index is 2.48. The number of hydrogen-bond acceptors (Lipinski definition) is 0. The Morgan fingerprint density at radius 1 is 1.10 bits per heavy atom. The van der Waals surface area contributed by atoms with Gasteiger partial charge in [0.15, 0.2) is 0 Å². The summed E-state index contributed by atoms with van der Waals surface area (Å²) >= 11 is 13.5. The van der Waals surface area contributed by atoms with Gasteiger partial charge in [-0.2, -0.15) is 0 Å². The highest BCUT2D eigenvalue weighted by atomic mass is 79.9. The van der Waals surface area contributed by atoms with E-state index in [0.717, 1.165) is 16.2 Å². The summed E-state index contributed by atoms with van der Waals surface area (Å²) in [5.74, 6) is -0.253. The molecule has 0 fully saturated rings. The summed E-state index contributed by atoms with van der Waals surface area (Å²) in [6.07, 6.45) is 0.672. The second kappa shape index (κ2) is 7.26. The molecule has 0 unspecified atom stereocenters. The van der Waals surface area contributed by atoms with Gasteiger partial charge in [0.05, 0.1) is 0 Å². The van der Waals surface area contributed by atoms with Crippen molar-refractivity contribution in [3.8, 4) is 0 Å². The van der Waals surface area contributed by atoms with Crippen LogP contribution < -0.4 is 0 Å². The van der Waals surface area contributed by atoms with Crippen molar-refractivity contribution in [2.75, 3.05) is 10.7 Å². The molecule has 0 saturated carbocycles. The van der Waals surface area contributed by atoms with Crippen LogP contribution in [0.15, 0.2) is 42.5 Å². The molecule has 2 aromatic rings. The van der Waals surface area contributed by atoms with E-state index in [2.05, 4.69) is 50.9 Å². The molecule has 0 radical (unpaired) electrons. The van der Waals surface area contributed by atoms with E-state index in [4.69, 9.17) is 11.6 Å². The standard InChI is InChI=1S/C17H16Br2ClF/c1-12-4-2-3-5-15(12)17(10-18,11-19)9-13-8-14(21)6-7-16(13)20/h2-8H,9-11H2,1H3. The Bertz CT molecular complexity index is 624. The lowest BCUT2D eigenvalue weighted by Gasteiger charge is -2.32. The molecule has 0 aliphatic rings. The number of aryl methyl sites for hydroxylation is 1. The predicted molar refractivity (Wildman–Crippen MR) is 95.6 cm³/mol. The summed E-state index contributed by atoms with van der Waals surface area (Å²) in [4.78, 5) is 0. The zero-order valence-electron chi connectivity index (χ0n) is 11.7. The second-order valence-corrected chi connectivity index (χ2v) is 6.80. The Labute approximate surface area is 147 Å². The van der Waals surface area contributed by atoms with Gasteiger partial charge < -0.3 is 0 Å². The molecule has 112 valence electrons. The minimum Gasteiger partial charge on any atom is -0.207 e. The highest BCUT2D eigenvalue weighted by Gasteiger charge is 2.32. The number of halogens is 4. The lowest BCUT2D eigenvalue weighted by molar-refractivity contribution is 0.543. The molecule has 0 heterocycles. The molecule has 2 aromatic carbocycles. The zero-order chi connectivity index (χ0) is 15.5. The molecule has 0 amide bonds. The van der Waals surface area contributed by atoms with Gasteiger partial charge in [0.2, 0.25) is 0 Å². The molecular formula is C17H16Br2ClF. The van der Waals surface area contributed by atoms with Crippen LogP contribution in [0.25, 0.3) is 0 Å². The lowest BCUT2D eigenvalue weighted by atomic mass is 9.77. The third-order valence-corrected chi connectivity index (χ3v) is 6.28. The van der Waals surface area contributed by atoms with Crippen LogP contribution in [0.3, 0.4) is 0 Å². The number of rotatable bonds is 5. The molecule has 0 aromatic heterocycles.